The second-order valence-corrected chi connectivity index (χ2v) is 5.31. The maximum absolute atomic E-state index is 6.35. The molecule has 1 aromatic heterocycles. The fourth-order valence-electron chi connectivity index (χ4n) is 2.18. The Balaban J connectivity index is 2.07. The van der Waals surface area contributed by atoms with Crippen LogP contribution in [-0.2, 0) is 0 Å². The summed E-state index contributed by atoms with van der Waals surface area (Å²) in [4.78, 5) is 4.37. The number of halogens is 1. The van der Waals surface area contributed by atoms with Crippen LogP contribution < -0.4 is 5.73 Å². The molecule has 2 nitrogen and oxygen atoms in total. The van der Waals surface area contributed by atoms with E-state index in [4.69, 9.17) is 5.73 Å². The first-order valence-electron chi connectivity index (χ1n) is 6.10. The van der Waals surface area contributed by atoms with Gasteiger partial charge in [0.25, 0.3) is 0 Å². The summed E-state index contributed by atoms with van der Waals surface area (Å²) in [5, 5.41) is 1.13. The number of fused-ring (bicyclic) bond motifs is 1. The molecule has 0 aliphatic carbocycles. The SMILES string of the molecule is NC(c1ccc2cccnc2c1)c1ccccc1Br. The third-order valence-electron chi connectivity index (χ3n) is 3.23. The van der Waals surface area contributed by atoms with Gasteiger partial charge in [0.1, 0.15) is 0 Å². The molecule has 1 heterocycles. The van der Waals surface area contributed by atoms with E-state index in [-0.39, 0.29) is 6.04 Å². The van der Waals surface area contributed by atoms with Crippen LogP contribution >= 0.6 is 15.9 Å². The highest BCUT2D eigenvalue weighted by molar-refractivity contribution is 9.10. The van der Waals surface area contributed by atoms with Gasteiger partial charge in [-0.15, -0.1) is 0 Å². The normalized spacial score (nSPS) is 12.5. The standard InChI is InChI=1S/C16H13BrN2/c17-14-6-2-1-5-13(14)16(18)12-8-7-11-4-3-9-19-15(11)10-12/h1-10,16H,18H2. The molecule has 19 heavy (non-hydrogen) atoms. The highest BCUT2D eigenvalue weighted by atomic mass is 79.9. The number of nitrogens with zero attached hydrogens (tertiary/aromatic N) is 1. The van der Waals surface area contributed by atoms with Crippen molar-refractivity contribution in [3.63, 3.8) is 0 Å². The summed E-state index contributed by atoms with van der Waals surface area (Å²) in [6.07, 6.45) is 1.80. The molecule has 3 aromatic rings. The topological polar surface area (TPSA) is 38.9 Å². The molecule has 1 atom stereocenters. The number of hydrogen-bond acceptors (Lipinski definition) is 2. The van der Waals surface area contributed by atoms with E-state index in [1.807, 2.05) is 30.3 Å². The van der Waals surface area contributed by atoms with Gasteiger partial charge in [0.2, 0.25) is 0 Å². The van der Waals surface area contributed by atoms with Crippen LogP contribution in [-0.4, -0.2) is 4.98 Å². The molecule has 2 aromatic carbocycles. The van der Waals surface area contributed by atoms with Crippen LogP contribution in [0.15, 0.2) is 65.3 Å². The summed E-state index contributed by atoms with van der Waals surface area (Å²) in [6.45, 7) is 0. The van der Waals surface area contributed by atoms with Crippen molar-refractivity contribution in [2.24, 2.45) is 5.73 Å². The Kier molecular flexibility index (Phi) is 3.32. The largest absolute Gasteiger partial charge is 0.320 e. The fraction of sp³-hybridized carbons (Fsp3) is 0.0625. The van der Waals surface area contributed by atoms with Gasteiger partial charge in [-0.2, -0.15) is 0 Å². The van der Waals surface area contributed by atoms with Crippen molar-refractivity contribution < 1.29 is 0 Å². The molecule has 0 spiro atoms. The number of rotatable bonds is 2. The van der Waals surface area contributed by atoms with E-state index in [9.17, 15) is 0 Å². The van der Waals surface area contributed by atoms with Gasteiger partial charge in [-0.05, 0) is 29.3 Å². The summed E-state index contributed by atoms with van der Waals surface area (Å²) in [5.41, 5.74) is 9.47. The third-order valence-corrected chi connectivity index (χ3v) is 3.95. The van der Waals surface area contributed by atoms with Gasteiger partial charge < -0.3 is 5.73 Å². The molecule has 2 N–H and O–H groups in total. The lowest BCUT2D eigenvalue weighted by atomic mass is 9.98. The molecule has 0 saturated carbocycles. The van der Waals surface area contributed by atoms with Crippen molar-refractivity contribution in [1.29, 1.82) is 0 Å². The van der Waals surface area contributed by atoms with E-state index in [1.54, 1.807) is 6.20 Å². The van der Waals surface area contributed by atoms with Crippen LogP contribution in [0.2, 0.25) is 0 Å². The van der Waals surface area contributed by atoms with Crippen molar-refractivity contribution in [3.8, 4) is 0 Å². The van der Waals surface area contributed by atoms with E-state index >= 15 is 0 Å². The van der Waals surface area contributed by atoms with Crippen LogP contribution in [0.25, 0.3) is 10.9 Å². The zero-order chi connectivity index (χ0) is 13.2. The smallest absolute Gasteiger partial charge is 0.0705 e. The zero-order valence-corrected chi connectivity index (χ0v) is 11.8. The summed E-state index contributed by atoms with van der Waals surface area (Å²) in [6, 6.07) is 18.1. The van der Waals surface area contributed by atoms with Gasteiger partial charge in [-0.3, -0.25) is 4.98 Å². The predicted molar refractivity (Wildman–Crippen MR) is 81.9 cm³/mol. The maximum Gasteiger partial charge on any atom is 0.0705 e. The van der Waals surface area contributed by atoms with Gasteiger partial charge in [0.15, 0.2) is 0 Å². The average Bonchev–Trinajstić information content (AvgIpc) is 2.46. The monoisotopic (exact) mass is 312 g/mol. The Morgan fingerprint density at radius 3 is 2.68 bits per heavy atom. The lowest BCUT2D eigenvalue weighted by Gasteiger charge is -2.14. The maximum atomic E-state index is 6.35. The highest BCUT2D eigenvalue weighted by Gasteiger charge is 2.12. The van der Waals surface area contributed by atoms with E-state index in [0.29, 0.717) is 0 Å². The molecule has 0 aliphatic heterocycles. The van der Waals surface area contributed by atoms with Crippen LogP contribution in [0, 0.1) is 0 Å². The fourth-order valence-corrected chi connectivity index (χ4v) is 2.72. The van der Waals surface area contributed by atoms with Gasteiger partial charge in [-0.1, -0.05) is 52.3 Å². The molecule has 0 bridgehead atoms. The van der Waals surface area contributed by atoms with Crippen molar-refractivity contribution >= 4 is 26.8 Å². The lowest BCUT2D eigenvalue weighted by Crippen LogP contribution is -2.12. The Hall–Kier alpha value is -1.71. The quantitative estimate of drug-likeness (QED) is 0.775. The van der Waals surface area contributed by atoms with E-state index < -0.39 is 0 Å². The molecule has 0 saturated heterocycles. The van der Waals surface area contributed by atoms with Crippen LogP contribution in [0.1, 0.15) is 17.2 Å². The van der Waals surface area contributed by atoms with Gasteiger partial charge >= 0.3 is 0 Å². The van der Waals surface area contributed by atoms with Crippen molar-refractivity contribution in [2.75, 3.05) is 0 Å². The molecule has 0 fully saturated rings. The average molecular weight is 313 g/mol. The van der Waals surface area contributed by atoms with Gasteiger partial charge in [-0.25, -0.2) is 0 Å². The minimum Gasteiger partial charge on any atom is -0.320 e. The Morgan fingerprint density at radius 2 is 1.84 bits per heavy atom. The second kappa shape index (κ2) is 5.11. The summed E-state index contributed by atoms with van der Waals surface area (Å²) >= 11 is 3.55. The number of nitrogens with two attached hydrogens (primary N) is 1. The van der Waals surface area contributed by atoms with E-state index in [2.05, 4.69) is 45.2 Å². The zero-order valence-electron chi connectivity index (χ0n) is 10.3. The molecule has 0 aliphatic rings. The van der Waals surface area contributed by atoms with Crippen LogP contribution in [0.5, 0.6) is 0 Å². The Bertz CT molecular complexity index is 725. The summed E-state index contributed by atoms with van der Waals surface area (Å²) in [5.74, 6) is 0. The second-order valence-electron chi connectivity index (χ2n) is 4.45. The molecule has 94 valence electrons. The van der Waals surface area contributed by atoms with Crippen molar-refractivity contribution in [2.45, 2.75) is 6.04 Å². The minimum atomic E-state index is -0.151. The van der Waals surface area contributed by atoms with E-state index in [0.717, 1.165) is 26.5 Å². The van der Waals surface area contributed by atoms with Gasteiger partial charge in [0.05, 0.1) is 11.6 Å². The molecular weight excluding hydrogens is 300 g/mol. The van der Waals surface area contributed by atoms with Gasteiger partial charge in [0, 0.05) is 16.1 Å². The molecule has 0 amide bonds. The highest BCUT2D eigenvalue weighted by Crippen LogP contribution is 2.27. The Morgan fingerprint density at radius 1 is 1.00 bits per heavy atom. The number of aromatic nitrogens is 1. The molecular formula is C16H13BrN2. The Labute approximate surface area is 120 Å². The first-order valence-corrected chi connectivity index (χ1v) is 6.90. The van der Waals surface area contributed by atoms with E-state index in [1.165, 1.54) is 0 Å². The molecule has 0 radical (unpaired) electrons. The van der Waals surface area contributed by atoms with Crippen molar-refractivity contribution in [3.05, 3.63) is 76.4 Å². The van der Waals surface area contributed by atoms with Crippen LogP contribution in [0.4, 0.5) is 0 Å². The minimum absolute atomic E-state index is 0.151. The first-order chi connectivity index (χ1) is 9.25. The molecule has 1 unspecified atom stereocenters. The summed E-state index contributed by atoms with van der Waals surface area (Å²) < 4.78 is 1.03. The summed E-state index contributed by atoms with van der Waals surface area (Å²) in [7, 11) is 0. The number of benzene rings is 2. The lowest BCUT2D eigenvalue weighted by molar-refractivity contribution is 0.867. The third kappa shape index (κ3) is 2.39. The van der Waals surface area contributed by atoms with Crippen LogP contribution in [0.3, 0.4) is 0 Å². The first kappa shape index (κ1) is 12.3. The molecule has 3 heteroatoms. The van der Waals surface area contributed by atoms with Crippen molar-refractivity contribution in [1.82, 2.24) is 4.98 Å². The molecule has 3 rings (SSSR count). The predicted octanol–water partition coefficient (Wildman–Crippen LogP) is 4.05. The number of hydrogen-bond donors (Lipinski definition) is 1. The number of pyridine rings is 1.